The van der Waals surface area contributed by atoms with Crippen molar-refractivity contribution in [3.05, 3.63) is 60.2 Å². The van der Waals surface area contributed by atoms with Gasteiger partial charge in [-0.1, -0.05) is 30.3 Å². The Hall–Kier alpha value is -1.94. The third-order valence-corrected chi connectivity index (χ3v) is 3.51. The number of benzene rings is 2. The van der Waals surface area contributed by atoms with E-state index < -0.39 is 5.97 Å². The minimum Gasteiger partial charge on any atom is -0.493 e. The number of ether oxygens (including phenoxy) is 1. The van der Waals surface area contributed by atoms with Crippen molar-refractivity contribution in [1.82, 2.24) is 0 Å². The summed E-state index contributed by atoms with van der Waals surface area (Å²) in [5, 5.41) is 9.06. The van der Waals surface area contributed by atoms with Gasteiger partial charge < -0.3 is 9.84 Å². The van der Waals surface area contributed by atoms with Crippen LogP contribution in [0.4, 0.5) is 0 Å². The third-order valence-electron chi connectivity index (χ3n) is 2.47. The SMILES string of the molecule is O=C(O)c1ccccc1SCCOc1ccccc1. The summed E-state index contributed by atoms with van der Waals surface area (Å²) < 4.78 is 5.56. The predicted molar refractivity (Wildman–Crippen MR) is 76.1 cm³/mol. The fourth-order valence-corrected chi connectivity index (χ4v) is 2.47. The summed E-state index contributed by atoms with van der Waals surface area (Å²) in [6.07, 6.45) is 0. The largest absolute Gasteiger partial charge is 0.493 e. The molecule has 2 aromatic carbocycles. The number of carboxylic acid groups (broad SMARTS) is 1. The van der Waals surface area contributed by atoms with Crippen LogP contribution >= 0.6 is 11.8 Å². The number of carboxylic acids is 1. The second kappa shape index (κ2) is 6.85. The van der Waals surface area contributed by atoms with Crippen LogP contribution < -0.4 is 4.74 Å². The summed E-state index contributed by atoms with van der Waals surface area (Å²) in [5.41, 5.74) is 0.340. The van der Waals surface area contributed by atoms with Crippen molar-refractivity contribution in [2.24, 2.45) is 0 Å². The monoisotopic (exact) mass is 274 g/mol. The molecule has 0 unspecified atom stereocenters. The van der Waals surface area contributed by atoms with E-state index in [1.165, 1.54) is 11.8 Å². The zero-order valence-corrected chi connectivity index (χ0v) is 11.1. The van der Waals surface area contributed by atoms with Crippen LogP contribution in [0.25, 0.3) is 0 Å². The Morgan fingerprint density at radius 1 is 1.05 bits per heavy atom. The average molecular weight is 274 g/mol. The third kappa shape index (κ3) is 4.03. The maximum Gasteiger partial charge on any atom is 0.336 e. The molecule has 0 atom stereocenters. The molecule has 98 valence electrons. The van der Waals surface area contributed by atoms with Gasteiger partial charge in [0.05, 0.1) is 12.2 Å². The molecule has 3 nitrogen and oxygen atoms in total. The van der Waals surface area contributed by atoms with Crippen molar-refractivity contribution in [2.45, 2.75) is 4.90 Å². The van der Waals surface area contributed by atoms with E-state index >= 15 is 0 Å². The number of aromatic carboxylic acids is 1. The summed E-state index contributed by atoms with van der Waals surface area (Å²) >= 11 is 1.49. The second-order valence-electron chi connectivity index (χ2n) is 3.81. The molecule has 0 saturated carbocycles. The molecule has 0 fully saturated rings. The maximum atomic E-state index is 11.0. The Morgan fingerprint density at radius 3 is 2.47 bits per heavy atom. The zero-order chi connectivity index (χ0) is 13.5. The fourth-order valence-electron chi connectivity index (χ4n) is 1.60. The first-order valence-corrected chi connectivity index (χ1v) is 6.89. The van der Waals surface area contributed by atoms with Crippen LogP contribution in [0.15, 0.2) is 59.5 Å². The Kier molecular flexibility index (Phi) is 4.86. The van der Waals surface area contributed by atoms with Gasteiger partial charge in [0.2, 0.25) is 0 Å². The zero-order valence-electron chi connectivity index (χ0n) is 10.3. The number of hydrogen-bond acceptors (Lipinski definition) is 3. The van der Waals surface area contributed by atoms with E-state index in [1.807, 2.05) is 42.5 Å². The lowest BCUT2D eigenvalue weighted by Crippen LogP contribution is -2.02. The van der Waals surface area contributed by atoms with E-state index in [2.05, 4.69) is 0 Å². The Morgan fingerprint density at radius 2 is 1.74 bits per heavy atom. The average Bonchev–Trinajstić information content (AvgIpc) is 2.45. The van der Waals surface area contributed by atoms with Crippen molar-refractivity contribution < 1.29 is 14.6 Å². The smallest absolute Gasteiger partial charge is 0.336 e. The first kappa shape index (κ1) is 13.5. The number of hydrogen-bond donors (Lipinski definition) is 1. The van der Waals surface area contributed by atoms with Crippen LogP contribution in [0.5, 0.6) is 5.75 Å². The Bertz CT molecular complexity index is 540. The van der Waals surface area contributed by atoms with Gasteiger partial charge in [0.15, 0.2) is 0 Å². The first-order valence-electron chi connectivity index (χ1n) is 5.90. The highest BCUT2D eigenvalue weighted by Crippen LogP contribution is 2.22. The fraction of sp³-hybridized carbons (Fsp3) is 0.133. The first-order chi connectivity index (χ1) is 9.27. The van der Waals surface area contributed by atoms with Gasteiger partial charge in [-0.2, -0.15) is 0 Å². The maximum absolute atomic E-state index is 11.0. The molecule has 1 N–H and O–H groups in total. The Labute approximate surface area is 116 Å². The van der Waals surface area contributed by atoms with Crippen LogP contribution in [0.2, 0.25) is 0 Å². The summed E-state index contributed by atoms with van der Waals surface area (Å²) in [7, 11) is 0. The summed E-state index contributed by atoms with van der Waals surface area (Å²) in [6.45, 7) is 0.544. The van der Waals surface area contributed by atoms with Crippen LogP contribution in [0.1, 0.15) is 10.4 Å². The van der Waals surface area contributed by atoms with Crippen LogP contribution in [0, 0.1) is 0 Å². The van der Waals surface area contributed by atoms with E-state index in [-0.39, 0.29) is 0 Å². The van der Waals surface area contributed by atoms with Gasteiger partial charge in [-0.3, -0.25) is 0 Å². The van der Waals surface area contributed by atoms with E-state index in [9.17, 15) is 4.79 Å². The molecule has 0 bridgehead atoms. The quantitative estimate of drug-likeness (QED) is 0.646. The van der Waals surface area contributed by atoms with Gasteiger partial charge >= 0.3 is 5.97 Å². The number of rotatable bonds is 6. The standard InChI is InChI=1S/C15H14O3S/c16-15(17)13-8-4-5-9-14(13)19-11-10-18-12-6-2-1-3-7-12/h1-9H,10-11H2,(H,16,17). The van der Waals surface area contributed by atoms with Crippen molar-refractivity contribution in [2.75, 3.05) is 12.4 Å². The van der Waals surface area contributed by atoms with Crippen molar-refractivity contribution in [3.8, 4) is 5.75 Å². The molecule has 19 heavy (non-hydrogen) atoms. The summed E-state index contributed by atoms with van der Waals surface area (Å²) in [6, 6.07) is 16.6. The lowest BCUT2D eigenvalue weighted by Gasteiger charge is -2.07. The highest BCUT2D eigenvalue weighted by Gasteiger charge is 2.08. The van der Waals surface area contributed by atoms with E-state index in [4.69, 9.17) is 9.84 Å². The molecular weight excluding hydrogens is 260 g/mol. The molecule has 0 saturated heterocycles. The van der Waals surface area contributed by atoms with Crippen LogP contribution in [-0.2, 0) is 0 Å². The predicted octanol–water partition coefficient (Wildman–Crippen LogP) is 3.56. The van der Waals surface area contributed by atoms with Crippen LogP contribution in [0.3, 0.4) is 0 Å². The molecule has 0 heterocycles. The molecule has 0 aliphatic carbocycles. The van der Waals surface area contributed by atoms with Crippen molar-refractivity contribution in [3.63, 3.8) is 0 Å². The summed E-state index contributed by atoms with van der Waals surface area (Å²) in [4.78, 5) is 11.8. The molecule has 0 spiro atoms. The van der Waals surface area contributed by atoms with Crippen molar-refractivity contribution >= 4 is 17.7 Å². The lowest BCUT2D eigenvalue weighted by molar-refractivity contribution is 0.0693. The second-order valence-corrected chi connectivity index (χ2v) is 4.95. The van der Waals surface area contributed by atoms with Gasteiger partial charge in [0.25, 0.3) is 0 Å². The molecule has 0 aromatic heterocycles. The van der Waals surface area contributed by atoms with Gasteiger partial charge in [-0.15, -0.1) is 11.8 Å². The normalized spacial score (nSPS) is 10.1. The topological polar surface area (TPSA) is 46.5 Å². The molecule has 0 radical (unpaired) electrons. The highest BCUT2D eigenvalue weighted by atomic mass is 32.2. The molecule has 0 aliphatic heterocycles. The minimum atomic E-state index is -0.896. The number of para-hydroxylation sites is 1. The minimum absolute atomic E-state index is 0.340. The Balaban J connectivity index is 1.85. The number of carbonyl (C=O) groups is 1. The van der Waals surface area contributed by atoms with Crippen molar-refractivity contribution in [1.29, 1.82) is 0 Å². The molecule has 0 amide bonds. The van der Waals surface area contributed by atoms with Gasteiger partial charge in [0.1, 0.15) is 5.75 Å². The molecule has 2 rings (SSSR count). The molecule has 2 aromatic rings. The van der Waals surface area contributed by atoms with E-state index in [1.54, 1.807) is 12.1 Å². The van der Waals surface area contributed by atoms with E-state index in [0.29, 0.717) is 17.9 Å². The summed E-state index contributed by atoms with van der Waals surface area (Å²) in [5.74, 6) is 0.640. The van der Waals surface area contributed by atoms with Gasteiger partial charge in [-0.25, -0.2) is 4.79 Å². The number of thioether (sulfide) groups is 1. The molecular formula is C15H14O3S. The molecule has 0 aliphatic rings. The van der Waals surface area contributed by atoms with Gasteiger partial charge in [-0.05, 0) is 24.3 Å². The van der Waals surface area contributed by atoms with E-state index in [0.717, 1.165) is 10.6 Å². The van der Waals surface area contributed by atoms with Gasteiger partial charge in [0, 0.05) is 10.6 Å². The van der Waals surface area contributed by atoms with Crippen LogP contribution in [-0.4, -0.2) is 23.4 Å². The lowest BCUT2D eigenvalue weighted by atomic mass is 10.2. The highest BCUT2D eigenvalue weighted by molar-refractivity contribution is 7.99. The molecule has 4 heteroatoms.